The number of hydrogen-bond acceptors (Lipinski definition) is 6. The summed E-state index contributed by atoms with van der Waals surface area (Å²) in [6, 6.07) is 10.5. The normalized spacial score (nSPS) is 10.5. The zero-order valence-electron chi connectivity index (χ0n) is 15.5. The molecule has 0 heterocycles. The van der Waals surface area contributed by atoms with E-state index in [9.17, 15) is 24.8 Å². The topological polar surface area (TPSA) is 134 Å². The monoisotopic (exact) mass is 396 g/mol. The van der Waals surface area contributed by atoms with Gasteiger partial charge in [0.2, 0.25) is 11.8 Å². The number of nitrogens with one attached hydrogen (secondary N) is 2. The van der Waals surface area contributed by atoms with Crippen LogP contribution in [0.25, 0.3) is 0 Å². The number of phenols is 1. The molecule has 0 aliphatic carbocycles. The number of non-ortho nitro benzene ring substituents is 1. The van der Waals surface area contributed by atoms with Crippen LogP contribution in [0, 0.1) is 10.1 Å². The molecule has 0 unspecified atom stereocenters. The van der Waals surface area contributed by atoms with E-state index in [0.717, 1.165) is 0 Å². The average Bonchev–Trinajstić information content (AvgIpc) is 2.70. The van der Waals surface area contributed by atoms with Gasteiger partial charge < -0.3 is 10.4 Å². The minimum absolute atomic E-state index is 0.0628. The molecule has 9 nitrogen and oxygen atoms in total. The number of allylic oxidation sites excluding steroid dienone is 1. The number of hydrazone groups is 1. The number of para-hydroxylation sites is 1. The number of carbonyl (C=O) groups excluding carboxylic acids is 2. The van der Waals surface area contributed by atoms with Crippen LogP contribution in [-0.2, 0) is 16.0 Å². The third-order valence-corrected chi connectivity index (χ3v) is 3.85. The summed E-state index contributed by atoms with van der Waals surface area (Å²) < 4.78 is 0. The van der Waals surface area contributed by atoms with E-state index in [1.54, 1.807) is 24.3 Å². The second kappa shape index (κ2) is 10.4. The number of rotatable bonds is 9. The lowest BCUT2D eigenvalue weighted by Crippen LogP contribution is -2.20. The van der Waals surface area contributed by atoms with Gasteiger partial charge in [-0.15, -0.1) is 6.58 Å². The summed E-state index contributed by atoms with van der Waals surface area (Å²) in [6.07, 6.45) is 3.30. The Kier molecular flexibility index (Phi) is 7.60. The number of aromatic hydroxyl groups is 1. The number of hydrogen-bond donors (Lipinski definition) is 3. The number of nitro benzene ring substituents is 1. The molecule has 0 saturated heterocycles. The predicted molar refractivity (Wildman–Crippen MR) is 109 cm³/mol. The van der Waals surface area contributed by atoms with E-state index in [1.165, 1.54) is 30.5 Å². The molecule has 0 saturated carbocycles. The summed E-state index contributed by atoms with van der Waals surface area (Å²) in [5.41, 5.74) is 3.75. The van der Waals surface area contributed by atoms with Crippen LogP contribution in [0.4, 0.5) is 11.4 Å². The van der Waals surface area contributed by atoms with Crippen LogP contribution >= 0.6 is 0 Å². The summed E-state index contributed by atoms with van der Waals surface area (Å²) >= 11 is 0. The van der Waals surface area contributed by atoms with Crippen LogP contribution in [0.2, 0.25) is 0 Å². The van der Waals surface area contributed by atoms with Crippen molar-refractivity contribution in [3.05, 3.63) is 76.4 Å². The van der Waals surface area contributed by atoms with E-state index in [1.807, 2.05) is 0 Å². The summed E-state index contributed by atoms with van der Waals surface area (Å²) in [6.45, 7) is 3.62. The highest BCUT2D eigenvalue weighted by molar-refractivity contribution is 5.93. The van der Waals surface area contributed by atoms with Gasteiger partial charge in [0.25, 0.3) is 5.69 Å². The standard InChI is InChI=1S/C20H20N4O5/c1-2-4-14-5-3-6-15(20(14)27)13-21-23-19(26)12-11-18(25)22-16-7-9-17(10-8-16)24(28)29/h2-3,5-10,13,27H,1,4,11-12H2,(H,22,25)(H,23,26). The van der Waals surface area contributed by atoms with Gasteiger partial charge in [-0.25, -0.2) is 5.43 Å². The molecule has 2 amide bonds. The highest BCUT2D eigenvalue weighted by Crippen LogP contribution is 2.21. The molecule has 0 fully saturated rings. The lowest BCUT2D eigenvalue weighted by Gasteiger charge is -2.05. The fourth-order valence-electron chi connectivity index (χ4n) is 2.38. The summed E-state index contributed by atoms with van der Waals surface area (Å²) in [5.74, 6) is -0.817. The van der Waals surface area contributed by atoms with Crippen molar-refractivity contribution in [2.24, 2.45) is 5.10 Å². The van der Waals surface area contributed by atoms with Crippen molar-refractivity contribution in [2.45, 2.75) is 19.3 Å². The molecule has 0 aromatic heterocycles. The van der Waals surface area contributed by atoms with E-state index in [-0.39, 0.29) is 24.3 Å². The number of benzene rings is 2. The summed E-state index contributed by atoms with van der Waals surface area (Å²) in [5, 5.41) is 27.0. The molecule has 0 aliphatic heterocycles. The van der Waals surface area contributed by atoms with Gasteiger partial charge in [-0.1, -0.05) is 18.2 Å². The average molecular weight is 396 g/mol. The third kappa shape index (κ3) is 6.58. The van der Waals surface area contributed by atoms with Gasteiger partial charge in [-0.05, 0) is 30.2 Å². The molecular weight excluding hydrogens is 376 g/mol. The number of phenolic OH excluding ortho intramolecular Hbond substituents is 1. The van der Waals surface area contributed by atoms with Crippen molar-refractivity contribution in [3.8, 4) is 5.75 Å². The van der Waals surface area contributed by atoms with Gasteiger partial charge in [0.15, 0.2) is 0 Å². The predicted octanol–water partition coefficient (Wildman–Crippen LogP) is 2.90. The van der Waals surface area contributed by atoms with Crippen LogP contribution < -0.4 is 10.7 Å². The molecule has 2 aromatic rings. The lowest BCUT2D eigenvalue weighted by atomic mass is 10.1. The molecule has 0 spiro atoms. The highest BCUT2D eigenvalue weighted by atomic mass is 16.6. The molecule has 0 radical (unpaired) electrons. The van der Waals surface area contributed by atoms with Crippen molar-refractivity contribution in [2.75, 3.05) is 5.32 Å². The zero-order valence-corrected chi connectivity index (χ0v) is 15.5. The third-order valence-electron chi connectivity index (χ3n) is 3.85. The van der Waals surface area contributed by atoms with Crippen LogP contribution in [0.3, 0.4) is 0 Å². The molecular formula is C20H20N4O5. The Morgan fingerprint density at radius 3 is 2.48 bits per heavy atom. The van der Waals surface area contributed by atoms with Gasteiger partial charge in [0, 0.05) is 36.2 Å². The molecule has 9 heteroatoms. The largest absolute Gasteiger partial charge is 0.507 e. The number of nitrogens with zero attached hydrogens (tertiary/aromatic N) is 2. The fraction of sp³-hybridized carbons (Fsp3) is 0.150. The Bertz CT molecular complexity index is 938. The molecule has 150 valence electrons. The van der Waals surface area contributed by atoms with Crippen LogP contribution in [0.5, 0.6) is 5.75 Å². The number of amides is 2. The zero-order chi connectivity index (χ0) is 21.2. The molecule has 3 N–H and O–H groups in total. The molecule has 0 atom stereocenters. The summed E-state index contributed by atoms with van der Waals surface area (Å²) in [7, 11) is 0. The van der Waals surface area contributed by atoms with Gasteiger partial charge in [-0.2, -0.15) is 5.10 Å². The lowest BCUT2D eigenvalue weighted by molar-refractivity contribution is -0.384. The van der Waals surface area contributed by atoms with E-state index in [2.05, 4.69) is 22.4 Å². The minimum Gasteiger partial charge on any atom is -0.507 e. The van der Waals surface area contributed by atoms with Gasteiger partial charge in [0.05, 0.1) is 11.1 Å². The quantitative estimate of drug-likeness (QED) is 0.259. The maximum atomic E-state index is 11.9. The van der Waals surface area contributed by atoms with Crippen molar-refractivity contribution < 1.29 is 19.6 Å². The summed E-state index contributed by atoms with van der Waals surface area (Å²) in [4.78, 5) is 33.7. The van der Waals surface area contributed by atoms with E-state index in [4.69, 9.17) is 0 Å². The minimum atomic E-state index is -0.536. The first-order valence-electron chi connectivity index (χ1n) is 8.68. The van der Waals surface area contributed by atoms with Crippen molar-refractivity contribution in [1.82, 2.24) is 5.43 Å². The highest BCUT2D eigenvalue weighted by Gasteiger charge is 2.09. The van der Waals surface area contributed by atoms with E-state index >= 15 is 0 Å². The Hall–Kier alpha value is -4.01. The maximum Gasteiger partial charge on any atom is 0.269 e. The molecule has 0 aliphatic rings. The smallest absolute Gasteiger partial charge is 0.269 e. The molecule has 2 rings (SSSR count). The molecule has 29 heavy (non-hydrogen) atoms. The van der Waals surface area contributed by atoms with Gasteiger partial charge >= 0.3 is 0 Å². The van der Waals surface area contributed by atoms with E-state index in [0.29, 0.717) is 23.2 Å². The maximum absolute atomic E-state index is 11.9. The van der Waals surface area contributed by atoms with Crippen LogP contribution in [0.1, 0.15) is 24.0 Å². The van der Waals surface area contributed by atoms with Crippen molar-refractivity contribution in [3.63, 3.8) is 0 Å². The van der Waals surface area contributed by atoms with Crippen LogP contribution in [-0.4, -0.2) is 28.1 Å². The Morgan fingerprint density at radius 2 is 1.83 bits per heavy atom. The molecule has 0 bridgehead atoms. The Morgan fingerprint density at radius 1 is 1.14 bits per heavy atom. The van der Waals surface area contributed by atoms with E-state index < -0.39 is 16.7 Å². The van der Waals surface area contributed by atoms with Crippen molar-refractivity contribution in [1.29, 1.82) is 0 Å². The molecule has 2 aromatic carbocycles. The van der Waals surface area contributed by atoms with Gasteiger partial charge in [0.1, 0.15) is 5.75 Å². The SMILES string of the molecule is C=CCc1cccc(C=NNC(=O)CCC(=O)Nc2ccc([N+](=O)[O-])cc2)c1O. The second-order valence-electron chi connectivity index (χ2n) is 5.99. The Balaban J connectivity index is 1.80. The van der Waals surface area contributed by atoms with Gasteiger partial charge in [-0.3, -0.25) is 19.7 Å². The fourth-order valence-corrected chi connectivity index (χ4v) is 2.38. The number of anilines is 1. The number of nitro groups is 1. The van der Waals surface area contributed by atoms with Crippen LogP contribution in [0.15, 0.2) is 60.2 Å². The first-order chi connectivity index (χ1) is 13.9. The first-order valence-corrected chi connectivity index (χ1v) is 8.68. The second-order valence-corrected chi connectivity index (χ2v) is 5.99. The van der Waals surface area contributed by atoms with Crippen molar-refractivity contribution >= 4 is 29.4 Å². The number of carbonyl (C=O) groups is 2. The first kappa shape index (κ1) is 21.3. The Labute approximate surface area is 166 Å².